The van der Waals surface area contributed by atoms with Gasteiger partial charge in [-0.25, -0.2) is 17.9 Å². The second-order valence-electron chi connectivity index (χ2n) is 3.88. The maximum atomic E-state index is 12.2. The first kappa shape index (κ1) is 15.2. The van der Waals surface area contributed by atoms with Gasteiger partial charge in [-0.1, -0.05) is 0 Å². The van der Waals surface area contributed by atoms with Crippen molar-refractivity contribution in [3.8, 4) is 0 Å². The Morgan fingerprint density at radius 3 is 2.80 bits per heavy atom. The molecular weight excluding hydrogens is 318 g/mol. The molecule has 0 spiro atoms. The highest BCUT2D eigenvalue weighted by atomic mass is 32.2. The van der Waals surface area contributed by atoms with Crippen LogP contribution in [0.3, 0.4) is 0 Å². The number of hydrogen-bond acceptors (Lipinski definition) is 6. The van der Waals surface area contributed by atoms with Crippen LogP contribution in [-0.2, 0) is 21.2 Å². The van der Waals surface area contributed by atoms with Crippen LogP contribution in [0.25, 0.3) is 0 Å². The number of rotatable bonds is 6. The molecule has 20 heavy (non-hydrogen) atoms. The fraction of sp³-hybridized carbons (Fsp3) is 0.250. The van der Waals surface area contributed by atoms with Gasteiger partial charge in [0.2, 0.25) is 10.0 Å². The van der Waals surface area contributed by atoms with Crippen LogP contribution in [-0.4, -0.2) is 28.0 Å². The van der Waals surface area contributed by atoms with E-state index in [1.54, 1.807) is 16.7 Å². The molecule has 0 aliphatic carbocycles. The number of thiophene rings is 2. The molecule has 5 nitrogen and oxygen atoms in total. The van der Waals surface area contributed by atoms with E-state index >= 15 is 0 Å². The highest BCUT2D eigenvalue weighted by Crippen LogP contribution is 2.22. The minimum atomic E-state index is -3.69. The standard InChI is InChI=1S/C12H13NO4S3/c1-17-12(14)11-10(4-7-19-11)20(15,16)13-5-2-9-3-6-18-8-9/h3-4,6-8,13H,2,5H2,1H3. The predicted octanol–water partition coefficient (Wildman–Crippen LogP) is 2.12. The molecule has 1 N–H and O–H groups in total. The monoisotopic (exact) mass is 331 g/mol. The number of sulfonamides is 1. The summed E-state index contributed by atoms with van der Waals surface area (Å²) in [5, 5.41) is 5.47. The first-order chi connectivity index (χ1) is 9.54. The van der Waals surface area contributed by atoms with Gasteiger partial charge < -0.3 is 4.74 Å². The molecule has 0 saturated carbocycles. The molecule has 2 rings (SSSR count). The molecule has 0 saturated heterocycles. The Morgan fingerprint density at radius 1 is 1.35 bits per heavy atom. The van der Waals surface area contributed by atoms with E-state index in [9.17, 15) is 13.2 Å². The minimum absolute atomic E-state index is 0.0281. The van der Waals surface area contributed by atoms with Crippen molar-refractivity contribution >= 4 is 38.7 Å². The lowest BCUT2D eigenvalue weighted by molar-refractivity contribution is 0.0602. The summed E-state index contributed by atoms with van der Waals surface area (Å²) in [5.41, 5.74) is 1.08. The molecule has 8 heteroatoms. The van der Waals surface area contributed by atoms with Crippen LogP contribution in [0.15, 0.2) is 33.2 Å². The van der Waals surface area contributed by atoms with E-state index in [2.05, 4.69) is 9.46 Å². The number of hydrogen-bond donors (Lipinski definition) is 1. The molecule has 0 radical (unpaired) electrons. The van der Waals surface area contributed by atoms with Gasteiger partial charge in [0.1, 0.15) is 9.77 Å². The lowest BCUT2D eigenvalue weighted by atomic mass is 10.2. The zero-order chi connectivity index (χ0) is 14.6. The molecule has 0 aliphatic rings. The Balaban J connectivity index is 2.07. The first-order valence-electron chi connectivity index (χ1n) is 5.71. The minimum Gasteiger partial charge on any atom is -0.465 e. The number of carbonyl (C=O) groups is 1. The van der Waals surface area contributed by atoms with Crippen molar-refractivity contribution in [1.82, 2.24) is 4.72 Å². The van der Waals surface area contributed by atoms with Crippen LogP contribution >= 0.6 is 22.7 Å². The molecule has 2 aromatic heterocycles. The van der Waals surface area contributed by atoms with E-state index < -0.39 is 16.0 Å². The average molecular weight is 331 g/mol. The molecule has 0 unspecified atom stereocenters. The van der Waals surface area contributed by atoms with Crippen LogP contribution in [0.5, 0.6) is 0 Å². The molecule has 0 aliphatic heterocycles. The van der Waals surface area contributed by atoms with E-state index in [1.807, 2.05) is 16.8 Å². The fourth-order valence-corrected chi connectivity index (χ4v) is 4.66. The lowest BCUT2D eigenvalue weighted by Crippen LogP contribution is -2.26. The van der Waals surface area contributed by atoms with Gasteiger partial charge in [0.05, 0.1) is 7.11 Å². The van der Waals surface area contributed by atoms with E-state index in [0.717, 1.165) is 16.9 Å². The van der Waals surface area contributed by atoms with Gasteiger partial charge >= 0.3 is 5.97 Å². The Labute approximate surface area is 125 Å². The Bertz CT molecular complexity index is 673. The van der Waals surface area contributed by atoms with Crippen LogP contribution in [0.2, 0.25) is 0 Å². The van der Waals surface area contributed by atoms with Crippen LogP contribution in [0.1, 0.15) is 15.2 Å². The van der Waals surface area contributed by atoms with Gasteiger partial charge in [0.25, 0.3) is 0 Å². The number of esters is 1. The van der Waals surface area contributed by atoms with Gasteiger partial charge in [-0.05, 0) is 40.3 Å². The molecule has 2 heterocycles. The van der Waals surface area contributed by atoms with Gasteiger partial charge in [-0.2, -0.15) is 11.3 Å². The van der Waals surface area contributed by atoms with E-state index in [-0.39, 0.29) is 16.3 Å². The lowest BCUT2D eigenvalue weighted by Gasteiger charge is -2.06. The van der Waals surface area contributed by atoms with Gasteiger partial charge in [-0.3, -0.25) is 0 Å². The van der Waals surface area contributed by atoms with E-state index in [4.69, 9.17) is 0 Å². The number of nitrogens with one attached hydrogen (secondary N) is 1. The number of methoxy groups -OCH3 is 1. The van der Waals surface area contributed by atoms with Crippen molar-refractivity contribution in [3.05, 3.63) is 38.7 Å². The molecule has 108 valence electrons. The largest absolute Gasteiger partial charge is 0.465 e. The second-order valence-corrected chi connectivity index (χ2v) is 7.32. The van der Waals surface area contributed by atoms with Crippen LogP contribution in [0, 0.1) is 0 Å². The average Bonchev–Trinajstić information content (AvgIpc) is 3.08. The summed E-state index contributed by atoms with van der Waals surface area (Å²) in [7, 11) is -2.47. The second kappa shape index (κ2) is 6.49. The van der Waals surface area contributed by atoms with E-state index in [1.165, 1.54) is 13.2 Å². The quantitative estimate of drug-likeness (QED) is 0.823. The van der Waals surface area contributed by atoms with Gasteiger partial charge in [-0.15, -0.1) is 11.3 Å². The molecular formula is C12H13NO4S3. The van der Waals surface area contributed by atoms with Gasteiger partial charge in [0, 0.05) is 6.54 Å². The topological polar surface area (TPSA) is 72.5 Å². The SMILES string of the molecule is COC(=O)c1sccc1S(=O)(=O)NCCc1ccsc1. The zero-order valence-electron chi connectivity index (χ0n) is 10.7. The summed E-state index contributed by atoms with van der Waals surface area (Å²) >= 11 is 2.62. The number of carbonyl (C=O) groups excluding carboxylic acids is 1. The zero-order valence-corrected chi connectivity index (χ0v) is 13.1. The summed E-state index contributed by atoms with van der Waals surface area (Å²) in [6, 6.07) is 3.35. The Morgan fingerprint density at radius 2 is 2.15 bits per heavy atom. The third-order valence-electron chi connectivity index (χ3n) is 2.58. The normalized spacial score (nSPS) is 11.4. The van der Waals surface area contributed by atoms with Crippen molar-refractivity contribution in [3.63, 3.8) is 0 Å². The maximum absolute atomic E-state index is 12.2. The first-order valence-corrected chi connectivity index (χ1v) is 9.01. The molecule has 0 amide bonds. The van der Waals surface area contributed by atoms with Crippen molar-refractivity contribution in [2.75, 3.05) is 13.7 Å². The summed E-state index contributed by atoms with van der Waals surface area (Å²) in [6.07, 6.45) is 0.612. The summed E-state index contributed by atoms with van der Waals surface area (Å²) in [6.45, 7) is 0.287. The van der Waals surface area contributed by atoms with Crippen LogP contribution < -0.4 is 4.72 Å². The molecule has 0 aromatic carbocycles. The summed E-state index contributed by atoms with van der Waals surface area (Å²) in [5.74, 6) is -0.641. The van der Waals surface area contributed by atoms with Crippen molar-refractivity contribution < 1.29 is 17.9 Å². The molecule has 0 fully saturated rings. The Kier molecular flexibility index (Phi) is 4.92. The van der Waals surface area contributed by atoms with Gasteiger partial charge in [0.15, 0.2) is 0 Å². The summed E-state index contributed by atoms with van der Waals surface area (Å²) in [4.78, 5) is 11.6. The van der Waals surface area contributed by atoms with Crippen LogP contribution in [0.4, 0.5) is 0 Å². The third kappa shape index (κ3) is 3.45. The molecule has 0 bridgehead atoms. The molecule has 2 aromatic rings. The molecule has 0 atom stereocenters. The smallest absolute Gasteiger partial charge is 0.349 e. The third-order valence-corrected chi connectivity index (χ3v) is 5.83. The Hall–Kier alpha value is -1.22. The predicted molar refractivity (Wildman–Crippen MR) is 78.9 cm³/mol. The van der Waals surface area contributed by atoms with E-state index in [0.29, 0.717) is 6.42 Å². The highest BCUT2D eigenvalue weighted by molar-refractivity contribution is 7.89. The van der Waals surface area contributed by atoms with Crippen molar-refractivity contribution in [2.24, 2.45) is 0 Å². The number of ether oxygens (including phenoxy) is 1. The highest BCUT2D eigenvalue weighted by Gasteiger charge is 2.24. The maximum Gasteiger partial charge on any atom is 0.349 e. The summed E-state index contributed by atoms with van der Waals surface area (Å²) < 4.78 is 31.4. The van der Waals surface area contributed by atoms with Crippen molar-refractivity contribution in [1.29, 1.82) is 0 Å². The fourth-order valence-electron chi connectivity index (χ4n) is 1.59. The van der Waals surface area contributed by atoms with Crippen molar-refractivity contribution in [2.45, 2.75) is 11.3 Å².